The lowest BCUT2D eigenvalue weighted by Gasteiger charge is -2.28. The number of rotatable bonds is 5. The van der Waals surface area contributed by atoms with Crippen LogP contribution in [0, 0.1) is 6.92 Å². The third-order valence-corrected chi connectivity index (χ3v) is 2.95. The summed E-state index contributed by atoms with van der Waals surface area (Å²) in [5, 5.41) is 0. The van der Waals surface area contributed by atoms with Gasteiger partial charge in [0.05, 0.1) is 0 Å². The van der Waals surface area contributed by atoms with Crippen LogP contribution in [0.5, 0.6) is 5.75 Å². The summed E-state index contributed by atoms with van der Waals surface area (Å²) in [6, 6.07) is 5.94. The molecule has 0 aliphatic carbocycles. The largest absolute Gasteiger partial charge is 0.462 e. The van der Waals surface area contributed by atoms with Crippen LogP contribution in [-0.2, 0) is 4.74 Å². The van der Waals surface area contributed by atoms with E-state index in [9.17, 15) is 0 Å². The Morgan fingerprint density at radius 3 is 2.62 bits per heavy atom. The van der Waals surface area contributed by atoms with Gasteiger partial charge >= 0.3 is 0 Å². The normalized spacial score (nSPS) is 14.2. The molecule has 0 saturated carbocycles. The van der Waals surface area contributed by atoms with Crippen molar-refractivity contribution in [2.45, 2.75) is 33.0 Å². The monoisotopic (exact) mass is 220 g/mol. The van der Waals surface area contributed by atoms with E-state index in [1.54, 1.807) is 7.11 Å². The number of hydrogen-bond donors (Lipinski definition) is 0. The van der Waals surface area contributed by atoms with E-state index >= 15 is 0 Å². The van der Waals surface area contributed by atoms with Crippen molar-refractivity contribution >= 4 is 6.08 Å². The second kappa shape index (κ2) is 5.17. The van der Waals surface area contributed by atoms with Crippen LogP contribution < -0.4 is 4.74 Å². The first kappa shape index (κ1) is 12.8. The van der Waals surface area contributed by atoms with Gasteiger partial charge in [-0.2, -0.15) is 0 Å². The average molecular weight is 220 g/mol. The van der Waals surface area contributed by atoms with E-state index in [0.29, 0.717) is 0 Å². The van der Waals surface area contributed by atoms with Gasteiger partial charge in [-0.1, -0.05) is 31.7 Å². The van der Waals surface area contributed by atoms with Gasteiger partial charge in [0.1, 0.15) is 5.75 Å². The maximum absolute atomic E-state index is 5.90. The molecule has 0 heterocycles. The Labute approximate surface area is 97.9 Å². The zero-order chi connectivity index (χ0) is 12.2. The van der Waals surface area contributed by atoms with Gasteiger partial charge in [-0.3, -0.25) is 0 Å². The standard InChI is InChI=1S/C14H20O2/c1-6-12-9-8-10-13(11(12)3)16-14(4,7-2)15-5/h6,8-10H,1,7H2,2-5H3. The molecule has 0 radical (unpaired) electrons. The first-order valence-electron chi connectivity index (χ1n) is 5.52. The maximum Gasteiger partial charge on any atom is 0.207 e. The van der Waals surface area contributed by atoms with Crippen LogP contribution in [-0.4, -0.2) is 12.9 Å². The summed E-state index contributed by atoms with van der Waals surface area (Å²) in [4.78, 5) is 0. The quantitative estimate of drug-likeness (QED) is 0.703. The van der Waals surface area contributed by atoms with Crippen LogP contribution in [0.15, 0.2) is 24.8 Å². The zero-order valence-electron chi connectivity index (χ0n) is 10.5. The van der Waals surface area contributed by atoms with E-state index in [2.05, 4.69) is 6.58 Å². The minimum atomic E-state index is -0.565. The van der Waals surface area contributed by atoms with Crippen LogP contribution in [0.4, 0.5) is 0 Å². The van der Waals surface area contributed by atoms with Crippen molar-refractivity contribution in [1.82, 2.24) is 0 Å². The van der Waals surface area contributed by atoms with Crippen molar-refractivity contribution in [2.24, 2.45) is 0 Å². The second-order valence-electron chi connectivity index (χ2n) is 3.97. The zero-order valence-corrected chi connectivity index (χ0v) is 10.5. The Kier molecular flexibility index (Phi) is 4.13. The van der Waals surface area contributed by atoms with Crippen molar-refractivity contribution in [3.8, 4) is 5.75 Å². The Balaban J connectivity index is 3.01. The number of methoxy groups -OCH3 is 1. The molecule has 0 aromatic heterocycles. The molecule has 0 saturated heterocycles. The average Bonchev–Trinajstić information content (AvgIpc) is 2.32. The molecule has 0 amide bonds. The molecule has 0 aliphatic rings. The summed E-state index contributed by atoms with van der Waals surface area (Å²) in [5.74, 6) is 0.286. The topological polar surface area (TPSA) is 18.5 Å². The minimum absolute atomic E-state index is 0.565. The molecule has 0 N–H and O–H groups in total. The molecule has 1 aromatic rings. The SMILES string of the molecule is C=Cc1cccc(OC(C)(CC)OC)c1C. The van der Waals surface area contributed by atoms with Gasteiger partial charge in [0.25, 0.3) is 0 Å². The van der Waals surface area contributed by atoms with E-state index in [0.717, 1.165) is 23.3 Å². The fraction of sp³-hybridized carbons (Fsp3) is 0.429. The van der Waals surface area contributed by atoms with Gasteiger partial charge in [-0.25, -0.2) is 0 Å². The van der Waals surface area contributed by atoms with E-state index in [1.165, 1.54) is 0 Å². The summed E-state index contributed by atoms with van der Waals surface area (Å²) < 4.78 is 11.3. The highest BCUT2D eigenvalue weighted by atomic mass is 16.7. The van der Waals surface area contributed by atoms with Gasteiger partial charge in [0.15, 0.2) is 0 Å². The third-order valence-electron chi connectivity index (χ3n) is 2.95. The Hall–Kier alpha value is -1.28. The van der Waals surface area contributed by atoms with E-state index in [4.69, 9.17) is 9.47 Å². The Bertz CT molecular complexity index is 365. The lowest BCUT2D eigenvalue weighted by molar-refractivity contribution is -0.151. The summed E-state index contributed by atoms with van der Waals surface area (Å²) in [7, 11) is 1.66. The van der Waals surface area contributed by atoms with E-state index < -0.39 is 5.79 Å². The highest BCUT2D eigenvalue weighted by Gasteiger charge is 2.23. The highest BCUT2D eigenvalue weighted by Crippen LogP contribution is 2.27. The summed E-state index contributed by atoms with van der Waals surface area (Å²) in [5.41, 5.74) is 2.18. The molecular formula is C14H20O2. The van der Waals surface area contributed by atoms with Gasteiger partial charge < -0.3 is 9.47 Å². The van der Waals surface area contributed by atoms with Gasteiger partial charge in [0, 0.05) is 20.5 Å². The van der Waals surface area contributed by atoms with E-state index in [-0.39, 0.29) is 0 Å². The summed E-state index contributed by atoms with van der Waals surface area (Å²) in [6.07, 6.45) is 2.62. The Morgan fingerprint density at radius 1 is 1.44 bits per heavy atom. The maximum atomic E-state index is 5.90. The van der Waals surface area contributed by atoms with E-state index in [1.807, 2.05) is 45.0 Å². The third kappa shape index (κ3) is 2.64. The predicted molar refractivity (Wildman–Crippen MR) is 67.6 cm³/mol. The number of ether oxygens (including phenoxy) is 2. The fourth-order valence-corrected chi connectivity index (χ4v) is 1.45. The molecule has 0 aliphatic heterocycles. The molecule has 1 aromatic carbocycles. The molecule has 1 atom stereocenters. The van der Waals surface area contributed by atoms with Crippen LogP contribution in [0.1, 0.15) is 31.4 Å². The molecule has 2 heteroatoms. The molecule has 0 bridgehead atoms. The smallest absolute Gasteiger partial charge is 0.207 e. The van der Waals surface area contributed by atoms with Crippen molar-refractivity contribution in [3.63, 3.8) is 0 Å². The molecular weight excluding hydrogens is 200 g/mol. The van der Waals surface area contributed by atoms with Crippen molar-refractivity contribution < 1.29 is 9.47 Å². The summed E-state index contributed by atoms with van der Waals surface area (Å²) >= 11 is 0. The molecule has 1 rings (SSSR count). The van der Waals surface area contributed by atoms with Gasteiger partial charge in [-0.15, -0.1) is 0 Å². The van der Waals surface area contributed by atoms with Gasteiger partial charge in [-0.05, 0) is 24.1 Å². The molecule has 0 spiro atoms. The molecule has 2 nitrogen and oxygen atoms in total. The molecule has 0 fully saturated rings. The van der Waals surface area contributed by atoms with Crippen molar-refractivity contribution in [2.75, 3.05) is 7.11 Å². The van der Waals surface area contributed by atoms with Crippen LogP contribution in [0.3, 0.4) is 0 Å². The fourth-order valence-electron chi connectivity index (χ4n) is 1.45. The predicted octanol–water partition coefficient (Wildman–Crippen LogP) is 3.79. The first-order chi connectivity index (χ1) is 7.56. The van der Waals surface area contributed by atoms with Gasteiger partial charge in [0.2, 0.25) is 5.79 Å². The molecule has 1 unspecified atom stereocenters. The number of hydrogen-bond acceptors (Lipinski definition) is 2. The van der Waals surface area contributed by atoms with Crippen molar-refractivity contribution in [1.29, 1.82) is 0 Å². The number of benzene rings is 1. The van der Waals surface area contributed by atoms with Crippen LogP contribution in [0.2, 0.25) is 0 Å². The second-order valence-corrected chi connectivity index (χ2v) is 3.97. The lowest BCUT2D eigenvalue weighted by atomic mass is 10.1. The van der Waals surface area contributed by atoms with Crippen LogP contribution >= 0.6 is 0 Å². The Morgan fingerprint density at radius 2 is 2.12 bits per heavy atom. The molecule has 88 valence electrons. The van der Waals surface area contributed by atoms with Crippen LogP contribution in [0.25, 0.3) is 6.08 Å². The lowest BCUT2D eigenvalue weighted by Crippen LogP contribution is -2.33. The molecule has 16 heavy (non-hydrogen) atoms. The highest BCUT2D eigenvalue weighted by molar-refractivity contribution is 5.55. The van der Waals surface area contributed by atoms with Crippen molar-refractivity contribution in [3.05, 3.63) is 35.9 Å². The minimum Gasteiger partial charge on any atom is -0.462 e. The first-order valence-corrected chi connectivity index (χ1v) is 5.52. The summed E-state index contributed by atoms with van der Waals surface area (Å²) in [6.45, 7) is 9.78.